The van der Waals surface area contributed by atoms with Gasteiger partial charge in [0, 0.05) is 12.1 Å². The Morgan fingerprint density at radius 1 is 1.05 bits per heavy atom. The van der Waals surface area contributed by atoms with Gasteiger partial charge in [0.2, 0.25) is 0 Å². The molecule has 0 saturated heterocycles. The molecule has 1 rings (SSSR count). The van der Waals surface area contributed by atoms with Crippen molar-refractivity contribution in [2.24, 2.45) is 5.41 Å². The van der Waals surface area contributed by atoms with Crippen LogP contribution in [-0.4, -0.2) is 17.1 Å². The summed E-state index contributed by atoms with van der Waals surface area (Å²) in [5.74, 6) is 0. The Bertz CT molecular complexity index is 391. The molecule has 0 amide bonds. The smallest absolute Gasteiger partial charge is 0.0551 e. The lowest BCUT2D eigenvalue weighted by Gasteiger charge is -2.34. The van der Waals surface area contributed by atoms with Gasteiger partial charge >= 0.3 is 0 Å². The topological polar surface area (TPSA) is 37.0 Å². The van der Waals surface area contributed by atoms with Crippen molar-refractivity contribution >= 4 is 11.4 Å². The van der Waals surface area contributed by atoms with Crippen LogP contribution in [0.2, 0.25) is 0 Å². The first-order valence-corrected chi connectivity index (χ1v) is 7.19. The van der Waals surface area contributed by atoms with Gasteiger partial charge in [-0.2, -0.15) is 0 Å². The largest absolute Gasteiger partial charge is 0.384 e. The zero-order valence-corrected chi connectivity index (χ0v) is 13.3. The van der Waals surface area contributed by atoms with Crippen LogP contribution in [0.1, 0.15) is 54.4 Å². The van der Waals surface area contributed by atoms with Crippen molar-refractivity contribution in [1.29, 1.82) is 0 Å². The fourth-order valence-electron chi connectivity index (χ4n) is 2.64. The van der Waals surface area contributed by atoms with E-state index in [-0.39, 0.29) is 5.54 Å². The quantitative estimate of drug-likeness (QED) is 0.791. The first kappa shape index (κ1) is 15.8. The number of aromatic nitrogens is 1. The maximum atomic E-state index is 4.29. The van der Waals surface area contributed by atoms with Crippen LogP contribution in [0.15, 0.2) is 18.5 Å². The molecule has 0 aliphatic heterocycles. The van der Waals surface area contributed by atoms with Crippen LogP contribution in [-0.2, 0) is 0 Å². The average Bonchev–Trinajstić information content (AvgIpc) is 2.22. The van der Waals surface area contributed by atoms with E-state index in [1.807, 2.05) is 12.4 Å². The fraction of sp³-hybridized carbons (Fsp3) is 0.688. The number of pyridine rings is 1. The van der Waals surface area contributed by atoms with Gasteiger partial charge in [-0.25, -0.2) is 0 Å². The number of hydrogen-bond acceptors (Lipinski definition) is 3. The summed E-state index contributed by atoms with van der Waals surface area (Å²) >= 11 is 0. The van der Waals surface area contributed by atoms with Gasteiger partial charge in [-0.15, -0.1) is 0 Å². The molecule has 1 heterocycles. The van der Waals surface area contributed by atoms with Crippen molar-refractivity contribution in [3.63, 3.8) is 0 Å². The predicted molar refractivity (Wildman–Crippen MR) is 84.8 cm³/mol. The number of nitrogens with one attached hydrogen (secondary N) is 2. The molecule has 0 spiro atoms. The summed E-state index contributed by atoms with van der Waals surface area (Å²) in [6, 6.07) is 2.13. The molecule has 0 bridgehead atoms. The van der Waals surface area contributed by atoms with Gasteiger partial charge in [-0.05, 0) is 38.2 Å². The van der Waals surface area contributed by atoms with Gasteiger partial charge < -0.3 is 10.6 Å². The van der Waals surface area contributed by atoms with Gasteiger partial charge in [0.05, 0.1) is 23.8 Å². The van der Waals surface area contributed by atoms with Crippen LogP contribution in [0.3, 0.4) is 0 Å². The Morgan fingerprint density at radius 2 is 1.68 bits per heavy atom. The Kier molecular flexibility index (Phi) is 5.21. The van der Waals surface area contributed by atoms with E-state index in [4.69, 9.17) is 0 Å². The first-order valence-electron chi connectivity index (χ1n) is 7.19. The van der Waals surface area contributed by atoms with E-state index in [0.717, 1.165) is 30.8 Å². The lowest BCUT2D eigenvalue weighted by Crippen LogP contribution is -2.35. The summed E-state index contributed by atoms with van der Waals surface area (Å²) < 4.78 is 0. The van der Waals surface area contributed by atoms with Crippen molar-refractivity contribution in [2.75, 3.05) is 17.2 Å². The van der Waals surface area contributed by atoms with E-state index in [1.165, 1.54) is 0 Å². The highest BCUT2D eigenvalue weighted by Gasteiger charge is 2.25. The molecule has 1 aromatic rings. The second-order valence-electron chi connectivity index (χ2n) is 7.14. The molecule has 108 valence electrons. The minimum Gasteiger partial charge on any atom is -0.384 e. The lowest BCUT2D eigenvalue weighted by atomic mass is 9.82. The third-order valence-corrected chi connectivity index (χ3v) is 2.77. The Labute approximate surface area is 118 Å². The van der Waals surface area contributed by atoms with Crippen molar-refractivity contribution in [2.45, 2.75) is 59.9 Å². The van der Waals surface area contributed by atoms with Crippen LogP contribution >= 0.6 is 0 Å². The summed E-state index contributed by atoms with van der Waals surface area (Å²) in [7, 11) is 0. The lowest BCUT2D eigenvalue weighted by molar-refractivity contribution is 0.302. The molecule has 0 atom stereocenters. The zero-order chi connectivity index (χ0) is 14.5. The molecule has 0 aromatic carbocycles. The van der Waals surface area contributed by atoms with E-state index >= 15 is 0 Å². The van der Waals surface area contributed by atoms with Crippen molar-refractivity contribution in [1.82, 2.24) is 4.98 Å². The maximum absolute atomic E-state index is 4.29. The Balaban J connectivity index is 2.70. The standard InChI is InChI=1S/C16H29N3/c1-7-8-18-13-9-14(11-17-10-13)19-16(5,6)12-15(2,3)4/h9-11,18-19H,7-8,12H2,1-6H3. The fourth-order valence-corrected chi connectivity index (χ4v) is 2.64. The van der Waals surface area contributed by atoms with Crippen molar-refractivity contribution in [3.8, 4) is 0 Å². The molecule has 0 unspecified atom stereocenters. The Hall–Kier alpha value is -1.25. The second kappa shape index (κ2) is 6.27. The Morgan fingerprint density at radius 3 is 2.26 bits per heavy atom. The van der Waals surface area contributed by atoms with Crippen molar-refractivity contribution < 1.29 is 0 Å². The summed E-state index contributed by atoms with van der Waals surface area (Å²) in [5.41, 5.74) is 2.53. The van der Waals surface area contributed by atoms with Gasteiger partial charge in [0.25, 0.3) is 0 Å². The third-order valence-electron chi connectivity index (χ3n) is 2.77. The second-order valence-corrected chi connectivity index (χ2v) is 7.14. The molecule has 0 radical (unpaired) electrons. The SMILES string of the molecule is CCCNc1cncc(NC(C)(C)CC(C)(C)C)c1. The highest BCUT2D eigenvalue weighted by Crippen LogP contribution is 2.29. The van der Waals surface area contributed by atoms with E-state index in [0.29, 0.717) is 5.41 Å². The maximum Gasteiger partial charge on any atom is 0.0551 e. The average molecular weight is 263 g/mol. The molecule has 19 heavy (non-hydrogen) atoms. The van der Waals surface area contributed by atoms with Gasteiger partial charge in [-0.1, -0.05) is 27.7 Å². The number of rotatable bonds is 6. The number of nitrogens with zero attached hydrogens (tertiary/aromatic N) is 1. The van der Waals surface area contributed by atoms with Crippen LogP contribution < -0.4 is 10.6 Å². The number of hydrogen-bond donors (Lipinski definition) is 2. The van der Waals surface area contributed by atoms with Gasteiger partial charge in [-0.3, -0.25) is 4.98 Å². The molecule has 3 nitrogen and oxygen atoms in total. The molecular formula is C16H29N3. The summed E-state index contributed by atoms with van der Waals surface area (Å²) in [6.07, 6.45) is 5.99. The van der Waals surface area contributed by atoms with Gasteiger partial charge in [0.1, 0.15) is 0 Å². The molecule has 0 saturated carbocycles. The minimum absolute atomic E-state index is 0.0588. The predicted octanol–water partition coefficient (Wildman–Crippen LogP) is 4.53. The summed E-state index contributed by atoms with van der Waals surface area (Å²) in [6.45, 7) is 14.4. The van der Waals surface area contributed by atoms with E-state index < -0.39 is 0 Å². The first-order chi connectivity index (χ1) is 8.72. The van der Waals surface area contributed by atoms with Crippen molar-refractivity contribution in [3.05, 3.63) is 18.5 Å². The van der Waals surface area contributed by atoms with Crippen LogP contribution in [0.4, 0.5) is 11.4 Å². The highest BCUT2D eigenvalue weighted by molar-refractivity contribution is 5.54. The van der Waals surface area contributed by atoms with E-state index in [1.54, 1.807) is 0 Å². The molecular weight excluding hydrogens is 234 g/mol. The monoisotopic (exact) mass is 263 g/mol. The van der Waals surface area contributed by atoms with Gasteiger partial charge in [0.15, 0.2) is 0 Å². The summed E-state index contributed by atoms with van der Waals surface area (Å²) in [4.78, 5) is 4.29. The van der Waals surface area contributed by atoms with Crippen LogP contribution in [0.25, 0.3) is 0 Å². The van der Waals surface area contributed by atoms with E-state index in [9.17, 15) is 0 Å². The number of anilines is 2. The minimum atomic E-state index is 0.0588. The highest BCUT2D eigenvalue weighted by atomic mass is 15.0. The molecule has 0 aliphatic carbocycles. The normalized spacial score (nSPS) is 12.3. The van der Waals surface area contributed by atoms with E-state index in [2.05, 4.69) is 63.2 Å². The molecule has 0 fully saturated rings. The molecule has 0 aliphatic rings. The van der Waals surface area contributed by atoms with Crippen LogP contribution in [0.5, 0.6) is 0 Å². The molecule has 1 aromatic heterocycles. The molecule has 3 heteroatoms. The molecule has 2 N–H and O–H groups in total. The van der Waals surface area contributed by atoms with Crippen LogP contribution in [0, 0.1) is 5.41 Å². The zero-order valence-electron chi connectivity index (χ0n) is 13.3. The third kappa shape index (κ3) is 6.46. The summed E-state index contributed by atoms with van der Waals surface area (Å²) in [5, 5.41) is 6.96.